The second-order valence-electron chi connectivity index (χ2n) is 7.65. The molecule has 0 spiro atoms. The minimum absolute atomic E-state index is 0.300. The van der Waals surface area contributed by atoms with Crippen molar-refractivity contribution in [3.05, 3.63) is 53.1 Å². The lowest BCUT2D eigenvalue weighted by molar-refractivity contribution is -0.142. The SMILES string of the molecule is CCOC(=O)C(Cl)Cc1ccc(OCC2(C)CCc3cc(O)c(C)cc3O2)cc1. The Hall–Kier alpha value is -2.40. The van der Waals surface area contributed by atoms with E-state index in [0.29, 0.717) is 25.4 Å². The Labute approximate surface area is 176 Å². The molecule has 0 aromatic heterocycles. The van der Waals surface area contributed by atoms with Crippen LogP contribution in [-0.2, 0) is 22.4 Å². The van der Waals surface area contributed by atoms with Gasteiger partial charge in [-0.3, -0.25) is 4.79 Å². The monoisotopic (exact) mass is 418 g/mol. The third-order valence-corrected chi connectivity index (χ3v) is 5.42. The van der Waals surface area contributed by atoms with Crippen molar-refractivity contribution in [1.29, 1.82) is 0 Å². The Morgan fingerprint density at radius 2 is 2.03 bits per heavy atom. The molecule has 5 nitrogen and oxygen atoms in total. The van der Waals surface area contributed by atoms with Gasteiger partial charge in [0.05, 0.1) is 6.61 Å². The van der Waals surface area contributed by atoms with Crippen molar-refractivity contribution in [2.75, 3.05) is 13.2 Å². The van der Waals surface area contributed by atoms with Gasteiger partial charge in [0.15, 0.2) is 0 Å². The normalized spacial score (nSPS) is 19.0. The largest absolute Gasteiger partial charge is 0.508 e. The minimum atomic E-state index is -0.695. The zero-order valence-corrected chi connectivity index (χ0v) is 17.8. The average molecular weight is 419 g/mol. The lowest BCUT2D eigenvalue weighted by atomic mass is 9.92. The molecule has 3 rings (SSSR count). The first kappa shape index (κ1) is 21.3. The van der Waals surface area contributed by atoms with Gasteiger partial charge in [0.2, 0.25) is 0 Å². The predicted octanol–water partition coefficient (Wildman–Crippen LogP) is 4.58. The second kappa shape index (κ2) is 8.95. The molecular formula is C23H27ClO5. The standard InChI is InChI=1S/C23H27ClO5/c1-4-27-22(26)19(24)12-16-5-7-18(8-6-16)28-14-23(3)10-9-17-13-20(25)15(2)11-21(17)29-23/h5-8,11,13,19,25H,4,9-10,12,14H2,1-3H3. The van der Waals surface area contributed by atoms with Gasteiger partial charge in [-0.1, -0.05) is 12.1 Å². The highest BCUT2D eigenvalue weighted by Gasteiger charge is 2.33. The van der Waals surface area contributed by atoms with E-state index in [1.54, 1.807) is 13.0 Å². The number of phenolic OH excluding ortho intramolecular Hbond substituents is 1. The molecule has 0 amide bonds. The quantitative estimate of drug-likeness (QED) is 0.526. The Bertz CT molecular complexity index is 864. The highest BCUT2D eigenvalue weighted by molar-refractivity contribution is 6.30. The van der Waals surface area contributed by atoms with Crippen LogP contribution in [-0.4, -0.2) is 35.3 Å². The predicted molar refractivity (Wildman–Crippen MR) is 112 cm³/mol. The number of carbonyl (C=O) groups is 1. The summed E-state index contributed by atoms with van der Waals surface area (Å²) in [6, 6.07) is 11.2. The van der Waals surface area contributed by atoms with Gasteiger partial charge in [0.1, 0.15) is 34.8 Å². The third-order valence-electron chi connectivity index (χ3n) is 5.08. The Morgan fingerprint density at radius 1 is 1.31 bits per heavy atom. The minimum Gasteiger partial charge on any atom is -0.508 e. The van der Waals surface area contributed by atoms with E-state index in [0.717, 1.165) is 41.0 Å². The number of halogens is 1. The molecule has 2 unspecified atom stereocenters. The molecule has 0 fully saturated rings. The zero-order chi connectivity index (χ0) is 21.0. The zero-order valence-electron chi connectivity index (χ0n) is 17.0. The van der Waals surface area contributed by atoms with Gasteiger partial charge in [-0.15, -0.1) is 11.6 Å². The van der Waals surface area contributed by atoms with E-state index in [1.807, 2.05) is 44.2 Å². The van der Waals surface area contributed by atoms with Gasteiger partial charge in [0, 0.05) is 0 Å². The number of alkyl halides is 1. The highest BCUT2D eigenvalue weighted by atomic mass is 35.5. The first-order valence-electron chi connectivity index (χ1n) is 9.83. The summed E-state index contributed by atoms with van der Waals surface area (Å²) in [5.41, 5.74) is 2.31. The summed E-state index contributed by atoms with van der Waals surface area (Å²) in [7, 11) is 0. The Morgan fingerprint density at radius 3 is 2.72 bits per heavy atom. The molecule has 2 aromatic carbocycles. The lowest BCUT2D eigenvalue weighted by Gasteiger charge is -2.35. The first-order chi connectivity index (χ1) is 13.8. The number of esters is 1. The van der Waals surface area contributed by atoms with Crippen molar-refractivity contribution in [2.45, 2.75) is 51.0 Å². The summed E-state index contributed by atoms with van der Waals surface area (Å²) in [5, 5.41) is 9.18. The van der Waals surface area contributed by atoms with E-state index in [1.165, 1.54) is 0 Å². The van der Waals surface area contributed by atoms with Crippen molar-refractivity contribution in [1.82, 2.24) is 0 Å². The maximum absolute atomic E-state index is 11.6. The number of aromatic hydroxyl groups is 1. The summed E-state index contributed by atoms with van der Waals surface area (Å²) in [6.07, 6.45) is 2.03. The summed E-state index contributed by atoms with van der Waals surface area (Å²) in [4.78, 5) is 11.6. The number of phenols is 1. The molecule has 0 saturated carbocycles. The van der Waals surface area contributed by atoms with Crippen LogP contribution >= 0.6 is 11.6 Å². The molecule has 0 aliphatic carbocycles. The number of rotatable bonds is 7. The highest BCUT2D eigenvalue weighted by Crippen LogP contribution is 2.37. The molecular weight excluding hydrogens is 392 g/mol. The maximum Gasteiger partial charge on any atom is 0.324 e. The molecule has 29 heavy (non-hydrogen) atoms. The fourth-order valence-corrected chi connectivity index (χ4v) is 3.54. The van der Waals surface area contributed by atoms with E-state index in [2.05, 4.69) is 0 Å². The van der Waals surface area contributed by atoms with Crippen molar-refractivity contribution in [2.24, 2.45) is 0 Å². The Balaban J connectivity index is 1.57. The smallest absolute Gasteiger partial charge is 0.324 e. The second-order valence-corrected chi connectivity index (χ2v) is 8.18. The number of benzene rings is 2. The van der Waals surface area contributed by atoms with Gasteiger partial charge in [-0.25, -0.2) is 0 Å². The van der Waals surface area contributed by atoms with E-state index in [4.69, 9.17) is 25.8 Å². The van der Waals surface area contributed by atoms with Crippen molar-refractivity contribution in [3.63, 3.8) is 0 Å². The summed E-state index contributed by atoms with van der Waals surface area (Å²) in [5.74, 6) is 1.43. The summed E-state index contributed by atoms with van der Waals surface area (Å²) < 4.78 is 17.1. The van der Waals surface area contributed by atoms with Crippen LogP contribution < -0.4 is 9.47 Å². The first-order valence-corrected chi connectivity index (χ1v) is 10.3. The van der Waals surface area contributed by atoms with Gasteiger partial charge in [-0.05, 0) is 81.0 Å². The summed E-state index contributed by atoms with van der Waals surface area (Å²) in [6.45, 7) is 6.38. The number of hydrogen-bond donors (Lipinski definition) is 1. The molecule has 2 atom stereocenters. The molecule has 1 heterocycles. The number of aryl methyl sites for hydroxylation is 2. The van der Waals surface area contributed by atoms with E-state index in [-0.39, 0.29) is 0 Å². The van der Waals surface area contributed by atoms with Crippen LogP contribution in [0.25, 0.3) is 0 Å². The van der Waals surface area contributed by atoms with E-state index in [9.17, 15) is 9.90 Å². The molecule has 0 bridgehead atoms. The summed E-state index contributed by atoms with van der Waals surface area (Å²) >= 11 is 6.09. The maximum atomic E-state index is 11.6. The van der Waals surface area contributed by atoms with Crippen molar-refractivity contribution in [3.8, 4) is 17.2 Å². The van der Waals surface area contributed by atoms with Crippen LogP contribution in [0.15, 0.2) is 36.4 Å². The number of hydrogen-bond acceptors (Lipinski definition) is 5. The number of fused-ring (bicyclic) bond motifs is 1. The molecule has 156 valence electrons. The van der Waals surface area contributed by atoms with E-state index < -0.39 is 16.9 Å². The fraction of sp³-hybridized carbons (Fsp3) is 0.435. The molecule has 6 heteroatoms. The third kappa shape index (κ3) is 5.36. The number of carbonyl (C=O) groups excluding carboxylic acids is 1. The van der Waals surface area contributed by atoms with Crippen LogP contribution in [0.5, 0.6) is 17.2 Å². The van der Waals surface area contributed by atoms with Crippen LogP contribution in [0.2, 0.25) is 0 Å². The molecule has 1 aliphatic heterocycles. The van der Waals surface area contributed by atoms with Crippen LogP contribution in [0, 0.1) is 6.92 Å². The Kier molecular flexibility index (Phi) is 6.58. The van der Waals surface area contributed by atoms with Crippen molar-refractivity contribution < 1.29 is 24.1 Å². The van der Waals surface area contributed by atoms with Crippen LogP contribution in [0.1, 0.15) is 37.0 Å². The van der Waals surface area contributed by atoms with Gasteiger partial charge in [-0.2, -0.15) is 0 Å². The average Bonchev–Trinajstić information content (AvgIpc) is 2.69. The lowest BCUT2D eigenvalue weighted by Crippen LogP contribution is -2.42. The van der Waals surface area contributed by atoms with Gasteiger partial charge < -0.3 is 19.3 Å². The van der Waals surface area contributed by atoms with Crippen LogP contribution in [0.4, 0.5) is 0 Å². The fourth-order valence-electron chi connectivity index (χ4n) is 3.30. The van der Waals surface area contributed by atoms with Crippen LogP contribution in [0.3, 0.4) is 0 Å². The van der Waals surface area contributed by atoms with E-state index >= 15 is 0 Å². The molecule has 1 N–H and O–H groups in total. The number of ether oxygens (including phenoxy) is 3. The molecule has 0 saturated heterocycles. The topological polar surface area (TPSA) is 65.0 Å². The van der Waals surface area contributed by atoms with Crippen molar-refractivity contribution >= 4 is 17.6 Å². The van der Waals surface area contributed by atoms with Gasteiger partial charge >= 0.3 is 5.97 Å². The molecule has 1 aliphatic rings. The van der Waals surface area contributed by atoms with Gasteiger partial charge in [0.25, 0.3) is 0 Å². The molecule has 0 radical (unpaired) electrons. The molecule has 2 aromatic rings.